The second kappa shape index (κ2) is 8.21. The summed E-state index contributed by atoms with van der Waals surface area (Å²) < 4.78 is 0. The standard InChI is InChI=1S/C23H27N3O/c1-5-6-15-26-22-10-8-7-9-21(22)24-17(2)20(23(26)27)16-18-11-13-19(14-12-18)25(3)4/h7-14,16H,5-6,15H2,1-4H3/b20-16+. The lowest BCUT2D eigenvalue weighted by atomic mass is 10.1. The summed E-state index contributed by atoms with van der Waals surface area (Å²) in [6.07, 6.45) is 3.95. The van der Waals surface area contributed by atoms with E-state index in [1.165, 1.54) is 0 Å². The number of carbonyl (C=O) groups is 1. The Kier molecular flexibility index (Phi) is 5.75. The van der Waals surface area contributed by atoms with Gasteiger partial charge >= 0.3 is 0 Å². The van der Waals surface area contributed by atoms with Crippen LogP contribution in [0.4, 0.5) is 17.1 Å². The first-order valence-electron chi connectivity index (χ1n) is 9.47. The number of unbranched alkanes of at least 4 members (excludes halogenated alkanes) is 1. The summed E-state index contributed by atoms with van der Waals surface area (Å²) in [5, 5.41) is 0. The van der Waals surface area contributed by atoms with Crippen molar-refractivity contribution in [2.45, 2.75) is 26.7 Å². The number of amides is 1. The fourth-order valence-corrected chi connectivity index (χ4v) is 3.18. The Morgan fingerprint density at radius 1 is 1.07 bits per heavy atom. The first kappa shape index (κ1) is 18.9. The van der Waals surface area contributed by atoms with Crippen LogP contribution in [-0.4, -0.2) is 32.3 Å². The highest BCUT2D eigenvalue weighted by Gasteiger charge is 2.26. The molecule has 1 aliphatic heterocycles. The molecule has 2 aromatic carbocycles. The van der Waals surface area contributed by atoms with Gasteiger partial charge in [0.1, 0.15) is 0 Å². The van der Waals surface area contributed by atoms with Crippen LogP contribution >= 0.6 is 0 Å². The third-order valence-electron chi connectivity index (χ3n) is 4.78. The summed E-state index contributed by atoms with van der Waals surface area (Å²) >= 11 is 0. The third kappa shape index (κ3) is 4.11. The second-order valence-electron chi connectivity index (χ2n) is 7.04. The fourth-order valence-electron chi connectivity index (χ4n) is 3.18. The van der Waals surface area contributed by atoms with Crippen molar-refractivity contribution in [2.24, 2.45) is 4.99 Å². The SMILES string of the molecule is CCCCN1C(=O)/C(=C/c2ccc(N(C)C)cc2)C(C)=Nc2ccccc21. The van der Waals surface area contributed by atoms with Crippen LogP contribution in [0.3, 0.4) is 0 Å². The molecule has 0 radical (unpaired) electrons. The highest BCUT2D eigenvalue weighted by atomic mass is 16.2. The van der Waals surface area contributed by atoms with Gasteiger partial charge in [-0.2, -0.15) is 0 Å². The maximum Gasteiger partial charge on any atom is 0.260 e. The summed E-state index contributed by atoms with van der Waals surface area (Å²) in [5.41, 5.74) is 5.28. The lowest BCUT2D eigenvalue weighted by Crippen LogP contribution is -2.33. The van der Waals surface area contributed by atoms with Crippen molar-refractivity contribution in [3.05, 3.63) is 59.7 Å². The molecule has 1 heterocycles. The van der Waals surface area contributed by atoms with Crippen LogP contribution in [0.1, 0.15) is 32.3 Å². The molecule has 0 atom stereocenters. The molecule has 4 nitrogen and oxygen atoms in total. The van der Waals surface area contributed by atoms with Crippen molar-refractivity contribution < 1.29 is 4.79 Å². The number of hydrogen-bond donors (Lipinski definition) is 0. The van der Waals surface area contributed by atoms with Crippen LogP contribution in [0.2, 0.25) is 0 Å². The summed E-state index contributed by atoms with van der Waals surface area (Å²) in [5.74, 6) is 0.0198. The van der Waals surface area contributed by atoms with E-state index in [0.29, 0.717) is 12.1 Å². The van der Waals surface area contributed by atoms with Crippen molar-refractivity contribution in [3.8, 4) is 0 Å². The highest BCUT2D eigenvalue weighted by molar-refractivity contribution is 6.30. The van der Waals surface area contributed by atoms with E-state index < -0.39 is 0 Å². The van der Waals surface area contributed by atoms with Crippen LogP contribution in [0.5, 0.6) is 0 Å². The molecular formula is C23H27N3O. The predicted octanol–water partition coefficient (Wildman–Crippen LogP) is 5.08. The Morgan fingerprint density at radius 2 is 1.78 bits per heavy atom. The van der Waals surface area contributed by atoms with Gasteiger partial charge in [0.2, 0.25) is 0 Å². The first-order valence-corrected chi connectivity index (χ1v) is 9.47. The van der Waals surface area contributed by atoms with Gasteiger partial charge in [-0.1, -0.05) is 37.6 Å². The minimum Gasteiger partial charge on any atom is -0.378 e. The van der Waals surface area contributed by atoms with E-state index in [2.05, 4.69) is 24.0 Å². The Bertz CT molecular complexity index is 879. The van der Waals surface area contributed by atoms with Crippen LogP contribution in [0, 0.1) is 0 Å². The quantitative estimate of drug-likeness (QED) is 0.697. The van der Waals surface area contributed by atoms with Crippen LogP contribution in [0.15, 0.2) is 59.1 Å². The zero-order valence-corrected chi connectivity index (χ0v) is 16.6. The van der Waals surface area contributed by atoms with Crippen LogP contribution < -0.4 is 9.80 Å². The third-order valence-corrected chi connectivity index (χ3v) is 4.78. The van der Waals surface area contributed by atoms with Gasteiger partial charge in [-0.25, -0.2) is 0 Å². The number of aliphatic imine (C=N–C) groups is 1. The van der Waals surface area contributed by atoms with Crippen molar-refractivity contribution in [1.82, 2.24) is 0 Å². The van der Waals surface area contributed by atoms with Gasteiger partial charge in [-0.3, -0.25) is 9.79 Å². The summed E-state index contributed by atoms with van der Waals surface area (Å²) in [6.45, 7) is 4.75. The Labute approximate surface area is 161 Å². The van der Waals surface area contributed by atoms with Gasteiger partial charge in [0, 0.05) is 26.3 Å². The molecule has 0 spiro atoms. The van der Waals surface area contributed by atoms with E-state index in [1.54, 1.807) is 0 Å². The monoisotopic (exact) mass is 361 g/mol. The summed E-state index contributed by atoms with van der Waals surface area (Å²) in [7, 11) is 4.03. The maximum atomic E-state index is 13.4. The number of benzene rings is 2. The molecule has 140 valence electrons. The molecule has 0 aliphatic carbocycles. The number of hydrogen-bond acceptors (Lipinski definition) is 3. The molecule has 0 saturated heterocycles. The minimum atomic E-state index is 0.0198. The lowest BCUT2D eigenvalue weighted by molar-refractivity contribution is -0.114. The maximum absolute atomic E-state index is 13.4. The number of nitrogens with zero attached hydrogens (tertiary/aromatic N) is 3. The fraction of sp³-hybridized carbons (Fsp3) is 0.304. The van der Waals surface area contributed by atoms with Crippen molar-refractivity contribution in [3.63, 3.8) is 0 Å². The van der Waals surface area contributed by atoms with Crippen molar-refractivity contribution in [2.75, 3.05) is 30.4 Å². The highest BCUT2D eigenvalue weighted by Crippen LogP contribution is 2.33. The first-order chi connectivity index (χ1) is 13.0. The predicted molar refractivity (Wildman–Crippen MR) is 115 cm³/mol. The van der Waals surface area contributed by atoms with Gasteiger partial charge in [-0.05, 0) is 49.2 Å². The normalized spacial score (nSPS) is 15.4. The summed E-state index contributed by atoms with van der Waals surface area (Å²) in [4.78, 5) is 22.1. The van der Waals surface area contributed by atoms with Crippen LogP contribution in [0.25, 0.3) is 6.08 Å². The summed E-state index contributed by atoms with van der Waals surface area (Å²) in [6, 6.07) is 16.1. The van der Waals surface area contributed by atoms with E-state index in [1.807, 2.05) is 68.4 Å². The molecule has 1 amide bonds. The molecule has 1 aliphatic rings. The van der Waals surface area contributed by atoms with Crippen molar-refractivity contribution in [1.29, 1.82) is 0 Å². The number of rotatable bonds is 5. The molecule has 0 aromatic heterocycles. The van der Waals surface area contributed by atoms with E-state index in [4.69, 9.17) is 4.99 Å². The van der Waals surface area contributed by atoms with Gasteiger partial charge in [0.05, 0.1) is 22.7 Å². The molecule has 0 unspecified atom stereocenters. The molecular weight excluding hydrogens is 334 g/mol. The topological polar surface area (TPSA) is 35.9 Å². The number of para-hydroxylation sites is 2. The smallest absolute Gasteiger partial charge is 0.260 e. The lowest BCUT2D eigenvalue weighted by Gasteiger charge is -2.23. The number of fused-ring (bicyclic) bond motifs is 1. The van der Waals surface area contributed by atoms with Crippen LogP contribution in [-0.2, 0) is 4.79 Å². The number of anilines is 2. The molecule has 3 rings (SSSR count). The Morgan fingerprint density at radius 3 is 2.44 bits per heavy atom. The molecule has 0 bridgehead atoms. The molecule has 0 N–H and O–H groups in total. The zero-order chi connectivity index (χ0) is 19.4. The molecule has 0 fully saturated rings. The average molecular weight is 361 g/mol. The van der Waals surface area contributed by atoms with E-state index in [-0.39, 0.29) is 5.91 Å². The molecule has 2 aromatic rings. The van der Waals surface area contributed by atoms with Gasteiger partial charge < -0.3 is 9.80 Å². The molecule has 27 heavy (non-hydrogen) atoms. The van der Waals surface area contributed by atoms with Gasteiger partial charge in [0.25, 0.3) is 5.91 Å². The Hall–Kier alpha value is -2.88. The molecule has 0 saturated carbocycles. The van der Waals surface area contributed by atoms with E-state index in [9.17, 15) is 4.79 Å². The number of carbonyl (C=O) groups excluding carboxylic acids is 1. The largest absolute Gasteiger partial charge is 0.378 e. The minimum absolute atomic E-state index is 0.0198. The van der Waals surface area contributed by atoms with E-state index in [0.717, 1.165) is 41.2 Å². The second-order valence-corrected chi connectivity index (χ2v) is 7.04. The van der Waals surface area contributed by atoms with Gasteiger partial charge in [0.15, 0.2) is 0 Å². The van der Waals surface area contributed by atoms with Gasteiger partial charge in [-0.15, -0.1) is 0 Å². The van der Waals surface area contributed by atoms with Crippen molar-refractivity contribution >= 4 is 34.8 Å². The molecule has 4 heteroatoms. The Balaban J connectivity index is 2.03. The zero-order valence-electron chi connectivity index (χ0n) is 16.6. The average Bonchev–Trinajstić information content (AvgIpc) is 2.76. The van der Waals surface area contributed by atoms with E-state index >= 15 is 0 Å².